The van der Waals surface area contributed by atoms with Gasteiger partial charge in [0.15, 0.2) is 0 Å². The number of benzene rings is 1. The highest BCUT2D eigenvalue weighted by molar-refractivity contribution is 6.30. The lowest BCUT2D eigenvalue weighted by Crippen LogP contribution is -2.26. The second kappa shape index (κ2) is 5.70. The van der Waals surface area contributed by atoms with E-state index >= 15 is 0 Å². The van der Waals surface area contributed by atoms with Crippen LogP contribution >= 0.6 is 11.6 Å². The first kappa shape index (κ1) is 11.9. The van der Waals surface area contributed by atoms with E-state index < -0.39 is 0 Å². The van der Waals surface area contributed by atoms with Gasteiger partial charge in [-0.15, -0.1) is 0 Å². The normalized spacial score (nSPS) is 18.9. The minimum Gasteiger partial charge on any atom is -0.310 e. The molecule has 2 rings (SSSR count). The minimum absolute atomic E-state index is 0.492. The van der Waals surface area contributed by atoms with Crippen LogP contribution in [0.4, 0.5) is 0 Å². The molecule has 0 bridgehead atoms. The van der Waals surface area contributed by atoms with Crippen molar-refractivity contribution in [2.24, 2.45) is 5.92 Å². The summed E-state index contributed by atoms with van der Waals surface area (Å²) < 4.78 is 0. The zero-order valence-corrected chi connectivity index (χ0v) is 10.6. The van der Waals surface area contributed by atoms with Crippen molar-refractivity contribution in [2.45, 2.75) is 38.6 Å². The summed E-state index contributed by atoms with van der Waals surface area (Å²) in [7, 11) is 0. The lowest BCUT2D eigenvalue weighted by Gasteiger charge is -2.25. The molecule has 1 nitrogen and oxygen atoms in total. The maximum atomic E-state index is 6.07. The third kappa shape index (κ3) is 2.78. The molecule has 2 heteroatoms. The van der Waals surface area contributed by atoms with Crippen molar-refractivity contribution in [3.63, 3.8) is 0 Å². The summed E-state index contributed by atoms with van der Waals surface area (Å²) in [5.74, 6) is 0.790. The molecular formula is C14H20ClN. The van der Waals surface area contributed by atoms with Crippen LogP contribution in [0.2, 0.25) is 5.02 Å². The Hall–Kier alpha value is -0.530. The summed E-state index contributed by atoms with van der Waals surface area (Å²) in [5, 5.41) is 4.46. The van der Waals surface area contributed by atoms with Gasteiger partial charge in [-0.05, 0) is 43.0 Å². The van der Waals surface area contributed by atoms with Crippen LogP contribution in [-0.2, 0) is 0 Å². The van der Waals surface area contributed by atoms with Gasteiger partial charge < -0.3 is 5.32 Å². The molecule has 16 heavy (non-hydrogen) atoms. The van der Waals surface area contributed by atoms with Gasteiger partial charge in [0.2, 0.25) is 0 Å². The second-order valence-electron chi connectivity index (χ2n) is 4.63. The molecule has 0 aromatic heterocycles. The lowest BCUT2D eigenvalue weighted by atomic mass is 9.91. The zero-order valence-electron chi connectivity index (χ0n) is 9.88. The molecule has 88 valence electrons. The molecule has 0 spiro atoms. The van der Waals surface area contributed by atoms with Gasteiger partial charge in [0.1, 0.15) is 0 Å². The average Bonchev–Trinajstić information content (AvgIpc) is 2.79. The van der Waals surface area contributed by atoms with Crippen molar-refractivity contribution in [3.05, 3.63) is 34.9 Å². The smallest absolute Gasteiger partial charge is 0.0409 e. The van der Waals surface area contributed by atoms with E-state index in [1.807, 2.05) is 6.07 Å². The molecule has 1 saturated carbocycles. The molecule has 1 fully saturated rings. The lowest BCUT2D eigenvalue weighted by molar-refractivity contribution is 0.374. The van der Waals surface area contributed by atoms with Crippen LogP contribution in [0.25, 0.3) is 0 Å². The molecule has 1 unspecified atom stereocenters. The van der Waals surface area contributed by atoms with Crippen LogP contribution < -0.4 is 5.32 Å². The highest BCUT2D eigenvalue weighted by atomic mass is 35.5. The van der Waals surface area contributed by atoms with Crippen molar-refractivity contribution in [1.29, 1.82) is 0 Å². The largest absolute Gasteiger partial charge is 0.310 e. The number of hydrogen-bond acceptors (Lipinski definition) is 1. The number of hydrogen-bond donors (Lipinski definition) is 1. The molecule has 1 aliphatic carbocycles. The summed E-state index contributed by atoms with van der Waals surface area (Å²) in [6.07, 6.45) is 5.47. The van der Waals surface area contributed by atoms with E-state index in [1.165, 1.54) is 31.2 Å². The molecule has 1 aliphatic rings. The fourth-order valence-electron chi connectivity index (χ4n) is 2.77. The predicted octanol–water partition coefficient (Wildman–Crippen LogP) is 4.18. The SMILES string of the molecule is CCNC(c1cccc(Cl)c1)C1CCCC1. The Morgan fingerprint density at radius 1 is 1.38 bits per heavy atom. The summed E-state index contributed by atoms with van der Waals surface area (Å²) in [4.78, 5) is 0. The Balaban J connectivity index is 2.17. The molecule has 0 radical (unpaired) electrons. The summed E-state index contributed by atoms with van der Waals surface area (Å²) in [6, 6.07) is 8.79. The molecule has 1 aromatic carbocycles. The van der Waals surface area contributed by atoms with Crippen molar-refractivity contribution >= 4 is 11.6 Å². The molecule has 1 aromatic rings. The molecular weight excluding hydrogens is 218 g/mol. The Morgan fingerprint density at radius 2 is 2.12 bits per heavy atom. The molecule has 0 heterocycles. The molecule has 1 N–H and O–H groups in total. The van der Waals surface area contributed by atoms with E-state index in [4.69, 9.17) is 11.6 Å². The van der Waals surface area contributed by atoms with Crippen LogP contribution in [-0.4, -0.2) is 6.54 Å². The predicted molar refractivity (Wildman–Crippen MR) is 69.8 cm³/mol. The Kier molecular flexibility index (Phi) is 4.25. The monoisotopic (exact) mass is 237 g/mol. The van der Waals surface area contributed by atoms with Gasteiger partial charge >= 0.3 is 0 Å². The first-order valence-corrected chi connectivity index (χ1v) is 6.68. The van der Waals surface area contributed by atoms with Gasteiger partial charge in [0.05, 0.1) is 0 Å². The van der Waals surface area contributed by atoms with Gasteiger partial charge in [0, 0.05) is 11.1 Å². The van der Waals surface area contributed by atoms with Gasteiger partial charge in [-0.3, -0.25) is 0 Å². The van der Waals surface area contributed by atoms with Crippen LogP contribution in [0.1, 0.15) is 44.2 Å². The number of rotatable bonds is 4. The van der Waals surface area contributed by atoms with E-state index in [1.54, 1.807) is 0 Å². The van der Waals surface area contributed by atoms with Gasteiger partial charge in [-0.2, -0.15) is 0 Å². The maximum Gasteiger partial charge on any atom is 0.0409 e. The van der Waals surface area contributed by atoms with Crippen LogP contribution in [0, 0.1) is 5.92 Å². The van der Waals surface area contributed by atoms with Gasteiger partial charge in [0.25, 0.3) is 0 Å². The van der Waals surface area contributed by atoms with Gasteiger partial charge in [-0.25, -0.2) is 0 Å². The van der Waals surface area contributed by atoms with Crippen molar-refractivity contribution in [1.82, 2.24) is 5.32 Å². The second-order valence-corrected chi connectivity index (χ2v) is 5.07. The average molecular weight is 238 g/mol. The fourth-order valence-corrected chi connectivity index (χ4v) is 2.97. The number of nitrogens with one attached hydrogen (secondary N) is 1. The highest BCUT2D eigenvalue weighted by Crippen LogP contribution is 2.36. The summed E-state index contributed by atoms with van der Waals surface area (Å²) in [5.41, 5.74) is 1.35. The highest BCUT2D eigenvalue weighted by Gasteiger charge is 2.25. The fraction of sp³-hybridized carbons (Fsp3) is 0.571. The van der Waals surface area contributed by atoms with Crippen molar-refractivity contribution in [3.8, 4) is 0 Å². The first-order chi connectivity index (χ1) is 7.81. The van der Waals surface area contributed by atoms with Crippen LogP contribution in [0.3, 0.4) is 0 Å². The van der Waals surface area contributed by atoms with E-state index in [2.05, 4.69) is 30.4 Å². The summed E-state index contributed by atoms with van der Waals surface area (Å²) >= 11 is 6.07. The Morgan fingerprint density at radius 3 is 2.75 bits per heavy atom. The molecule has 0 amide bonds. The standard InChI is InChI=1S/C14H20ClN/c1-2-16-14(11-6-3-4-7-11)12-8-5-9-13(15)10-12/h5,8-11,14,16H,2-4,6-7H2,1H3. The molecule has 0 saturated heterocycles. The summed E-state index contributed by atoms with van der Waals surface area (Å²) in [6.45, 7) is 3.19. The number of halogens is 1. The third-order valence-corrected chi connectivity index (χ3v) is 3.74. The first-order valence-electron chi connectivity index (χ1n) is 6.30. The van der Waals surface area contributed by atoms with Gasteiger partial charge in [-0.1, -0.05) is 43.5 Å². The van der Waals surface area contributed by atoms with Crippen molar-refractivity contribution in [2.75, 3.05) is 6.54 Å². The Bertz CT molecular complexity index is 331. The van der Waals surface area contributed by atoms with E-state index in [-0.39, 0.29) is 0 Å². The van der Waals surface area contributed by atoms with E-state index in [0.717, 1.165) is 17.5 Å². The maximum absolute atomic E-state index is 6.07. The van der Waals surface area contributed by atoms with E-state index in [0.29, 0.717) is 6.04 Å². The topological polar surface area (TPSA) is 12.0 Å². The zero-order chi connectivity index (χ0) is 11.4. The molecule has 1 atom stereocenters. The van der Waals surface area contributed by atoms with Crippen molar-refractivity contribution < 1.29 is 0 Å². The minimum atomic E-state index is 0.492. The molecule has 0 aliphatic heterocycles. The third-order valence-electron chi connectivity index (χ3n) is 3.50. The van der Waals surface area contributed by atoms with Crippen LogP contribution in [0.15, 0.2) is 24.3 Å². The Labute approximate surface area is 103 Å². The quantitative estimate of drug-likeness (QED) is 0.829. The van der Waals surface area contributed by atoms with E-state index in [9.17, 15) is 0 Å². The van der Waals surface area contributed by atoms with Crippen LogP contribution in [0.5, 0.6) is 0 Å².